The lowest BCUT2D eigenvalue weighted by molar-refractivity contribution is -0.0971. The lowest BCUT2D eigenvalue weighted by atomic mass is 10.0. The van der Waals surface area contributed by atoms with Crippen LogP contribution in [0.3, 0.4) is 0 Å². The summed E-state index contributed by atoms with van der Waals surface area (Å²) in [6.45, 7) is 2.03. The molecular weight excluding hydrogens is 171 g/mol. The maximum atomic E-state index is 8.67. The Hall–Kier alpha value is -0.0951. The van der Waals surface area contributed by atoms with Crippen LogP contribution in [0.15, 0.2) is 0 Å². The first-order chi connectivity index (χ1) is 6.15. The van der Waals surface area contributed by atoms with Crippen molar-refractivity contribution in [3.63, 3.8) is 0 Å². The van der Waals surface area contributed by atoms with Crippen molar-refractivity contribution in [2.45, 2.75) is 25.1 Å². The zero-order valence-corrected chi connectivity index (χ0v) is 8.40. The second-order valence-electron chi connectivity index (χ2n) is 2.79. The van der Waals surface area contributed by atoms with Gasteiger partial charge in [0, 0.05) is 20.2 Å². The molecule has 0 amide bonds. The van der Waals surface area contributed by atoms with Crippen LogP contribution < -0.4 is 0 Å². The summed E-state index contributed by atoms with van der Waals surface area (Å²) in [5.74, 6) is 0. The second-order valence-corrected chi connectivity index (χ2v) is 2.79. The van der Waals surface area contributed by atoms with Gasteiger partial charge in [-0.2, -0.15) is 0 Å². The number of hydrogen-bond acceptors (Lipinski definition) is 4. The van der Waals surface area contributed by atoms with Gasteiger partial charge >= 0.3 is 0 Å². The van der Waals surface area contributed by atoms with Crippen LogP contribution in [0.4, 0.5) is 0 Å². The second kappa shape index (κ2) is 7.32. The topological polar surface area (TPSA) is 47.9 Å². The van der Waals surface area contributed by atoms with Gasteiger partial charge in [-0.15, -0.1) is 0 Å². The van der Waals surface area contributed by atoms with E-state index in [0.29, 0.717) is 6.61 Å². The molecule has 0 aliphatic rings. The highest BCUT2D eigenvalue weighted by atomic mass is 16.6. The number of aliphatic hydroxyl groups is 1. The summed E-state index contributed by atoms with van der Waals surface area (Å²) in [6, 6.07) is -0.683. The fourth-order valence-electron chi connectivity index (χ4n) is 0.869. The first-order valence-corrected chi connectivity index (χ1v) is 4.19. The van der Waals surface area contributed by atoms with Gasteiger partial charge in [0.05, 0.1) is 19.3 Å². The SMILES string of the molecule is [B]C(CO)OC(COC)C(C)OC. The Morgan fingerprint density at radius 1 is 1.38 bits per heavy atom. The molecule has 0 aliphatic carbocycles. The molecule has 0 saturated carbocycles. The molecule has 0 fully saturated rings. The average molecular weight is 188 g/mol. The Bertz CT molecular complexity index is 123. The van der Waals surface area contributed by atoms with Gasteiger partial charge < -0.3 is 19.3 Å². The molecule has 0 saturated heterocycles. The largest absolute Gasteiger partial charge is 0.395 e. The molecule has 2 radical (unpaired) electrons. The van der Waals surface area contributed by atoms with Crippen molar-refractivity contribution in [3.8, 4) is 0 Å². The van der Waals surface area contributed by atoms with Gasteiger partial charge in [-0.1, -0.05) is 0 Å². The van der Waals surface area contributed by atoms with E-state index in [4.69, 9.17) is 27.2 Å². The normalized spacial score (nSPS) is 18.2. The van der Waals surface area contributed by atoms with Crippen LogP contribution in [0.1, 0.15) is 6.92 Å². The summed E-state index contributed by atoms with van der Waals surface area (Å²) in [5, 5.41) is 8.67. The highest BCUT2D eigenvalue weighted by molar-refractivity contribution is 6.11. The van der Waals surface area contributed by atoms with E-state index in [2.05, 4.69) is 0 Å². The maximum absolute atomic E-state index is 8.67. The molecule has 0 aromatic carbocycles. The Labute approximate surface area is 80.6 Å². The number of rotatable bonds is 7. The molecule has 0 aliphatic heterocycles. The zero-order chi connectivity index (χ0) is 10.3. The van der Waals surface area contributed by atoms with E-state index in [1.807, 2.05) is 6.92 Å². The molecule has 1 N–H and O–H groups in total. The van der Waals surface area contributed by atoms with Gasteiger partial charge in [0.1, 0.15) is 14.0 Å². The van der Waals surface area contributed by atoms with E-state index < -0.39 is 6.00 Å². The molecule has 13 heavy (non-hydrogen) atoms. The van der Waals surface area contributed by atoms with Gasteiger partial charge in [-0.3, -0.25) is 0 Å². The van der Waals surface area contributed by atoms with Crippen LogP contribution in [0.25, 0.3) is 0 Å². The van der Waals surface area contributed by atoms with Gasteiger partial charge in [-0.05, 0) is 6.92 Å². The predicted molar refractivity (Wildman–Crippen MR) is 49.8 cm³/mol. The maximum Gasteiger partial charge on any atom is 0.112 e. The van der Waals surface area contributed by atoms with Crippen molar-refractivity contribution < 1.29 is 19.3 Å². The van der Waals surface area contributed by atoms with Crippen molar-refractivity contribution in [3.05, 3.63) is 0 Å². The number of hydrogen-bond donors (Lipinski definition) is 1. The molecule has 0 aromatic rings. The molecule has 0 bridgehead atoms. The van der Waals surface area contributed by atoms with E-state index in [1.54, 1.807) is 14.2 Å². The van der Waals surface area contributed by atoms with Crippen molar-refractivity contribution in [2.24, 2.45) is 0 Å². The van der Waals surface area contributed by atoms with Gasteiger partial charge in [0.2, 0.25) is 0 Å². The number of ether oxygens (including phenoxy) is 3. The van der Waals surface area contributed by atoms with Crippen LogP contribution in [0.2, 0.25) is 0 Å². The molecule has 76 valence electrons. The summed E-state index contributed by atoms with van der Waals surface area (Å²) in [6.07, 6.45) is -0.366. The molecule has 0 rings (SSSR count). The lowest BCUT2D eigenvalue weighted by Crippen LogP contribution is -2.37. The molecule has 3 unspecified atom stereocenters. The summed E-state index contributed by atoms with van der Waals surface area (Å²) in [5.41, 5.74) is 0. The van der Waals surface area contributed by atoms with E-state index >= 15 is 0 Å². The first-order valence-electron chi connectivity index (χ1n) is 4.19. The number of aliphatic hydroxyl groups excluding tert-OH is 1. The molecule has 0 heterocycles. The number of methoxy groups -OCH3 is 2. The Morgan fingerprint density at radius 3 is 2.38 bits per heavy atom. The van der Waals surface area contributed by atoms with Gasteiger partial charge in [0.15, 0.2) is 0 Å². The minimum Gasteiger partial charge on any atom is -0.395 e. The average Bonchev–Trinajstić information content (AvgIpc) is 2.15. The first kappa shape index (κ1) is 12.9. The minimum atomic E-state index is -0.683. The van der Waals surface area contributed by atoms with Crippen LogP contribution in [0.5, 0.6) is 0 Å². The monoisotopic (exact) mass is 188 g/mol. The van der Waals surface area contributed by atoms with Crippen molar-refractivity contribution >= 4 is 7.85 Å². The Morgan fingerprint density at radius 2 is 2.00 bits per heavy atom. The smallest absolute Gasteiger partial charge is 0.112 e. The van der Waals surface area contributed by atoms with Crippen molar-refractivity contribution in [1.29, 1.82) is 0 Å². The van der Waals surface area contributed by atoms with Crippen LogP contribution >= 0.6 is 0 Å². The minimum absolute atomic E-state index is 0.113. The van der Waals surface area contributed by atoms with Crippen LogP contribution in [0, 0.1) is 0 Å². The van der Waals surface area contributed by atoms with Crippen LogP contribution in [-0.4, -0.2) is 58.6 Å². The van der Waals surface area contributed by atoms with E-state index in [0.717, 1.165) is 0 Å². The highest BCUT2D eigenvalue weighted by Crippen LogP contribution is 2.05. The molecule has 0 spiro atoms. The Balaban J connectivity index is 3.92. The molecule has 5 heteroatoms. The van der Waals surface area contributed by atoms with Crippen molar-refractivity contribution in [2.75, 3.05) is 27.4 Å². The van der Waals surface area contributed by atoms with Crippen LogP contribution in [-0.2, 0) is 14.2 Å². The van der Waals surface area contributed by atoms with E-state index in [9.17, 15) is 0 Å². The van der Waals surface area contributed by atoms with Crippen molar-refractivity contribution in [1.82, 2.24) is 0 Å². The third kappa shape index (κ3) is 5.26. The summed E-state index contributed by atoms with van der Waals surface area (Å²) in [7, 11) is 8.57. The summed E-state index contributed by atoms with van der Waals surface area (Å²) in [4.78, 5) is 0. The fourth-order valence-corrected chi connectivity index (χ4v) is 0.869. The summed E-state index contributed by atoms with van der Waals surface area (Å²) >= 11 is 0. The highest BCUT2D eigenvalue weighted by Gasteiger charge is 2.19. The molecule has 4 nitrogen and oxygen atoms in total. The standard InChI is InChI=1S/C8H17BO4/c1-6(12-3)7(5-11-2)13-8(9)4-10/h6-8,10H,4-5H2,1-3H3. The molecule has 0 aromatic heterocycles. The predicted octanol–water partition coefficient (Wildman–Crippen LogP) is -0.460. The quantitative estimate of drug-likeness (QED) is 0.549. The third-order valence-corrected chi connectivity index (χ3v) is 1.76. The molecule has 3 atom stereocenters. The van der Waals surface area contributed by atoms with E-state index in [1.165, 1.54) is 0 Å². The lowest BCUT2D eigenvalue weighted by Gasteiger charge is -2.25. The molecular formula is C8H17BO4. The van der Waals surface area contributed by atoms with E-state index in [-0.39, 0.29) is 18.8 Å². The fraction of sp³-hybridized carbons (Fsp3) is 1.00. The zero-order valence-electron chi connectivity index (χ0n) is 8.40. The van der Waals surface area contributed by atoms with Gasteiger partial charge in [0.25, 0.3) is 0 Å². The Kier molecular flexibility index (Phi) is 7.27. The third-order valence-electron chi connectivity index (χ3n) is 1.76. The summed E-state index contributed by atoms with van der Waals surface area (Å²) < 4.78 is 15.3. The van der Waals surface area contributed by atoms with Gasteiger partial charge in [-0.25, -0.2) is 0 Å².